The van der Waals surface area contributed by atoms with E-state index in [9.17, 15) is 0 Å². The number of nitriles is 1. The first-order chi connectivity index (χ1) is 10.3. The van der Waals surface area contributed by atoms with E-state index in [1.165, 1.54) is 31.2 Å². The summed E-state index contributed by atoms with van der Waals surface area (Å²) in [6.07, 6.45) is 10.6. The van der Waals surface area contributed by atoms with Gasteiger partial charge in [0.05, 0.1) is 17.7 Å². The average Bonchev–Trinajstić information content (AvgIpc) is 2.56. The van der Waals surface area contributed by atoms with Crippen molar-refractivity contribution in [1.29, 1.82) is 5.26 Å². The topological polar surface area (TPSA) is 33.0 Å². The lowest BCUT2D eigenvalue weighted by Crippen LogP contribution is -2.26. The molecular formula is C19H25NO. The van der Waals surface area contributed by atoms with E-state index in [4.69, 9.17) is 10.00 Å². The van der Waals surface area contributed by atoms with Gasteiger partial charge in [-0.1, -0.05) is 24.3 Å². The van der Waals surface area contributed by atoms with Crippen LogP contribution in [0.2, 0.25) is 0 Å². The Labute approximate surface area is 128 Å². The predicted octanol–water partition coefficient (Wildman–Crippen LogP) is 4.81. The minimum atomic E-state index is 0.364. The summed E-state index contributed by atoms with van der Waals surface area (Å²) in [5.74, 6) is 1.33. The molecule has 1 fully saturated rings. The summed E-state index contributed by atoms with van der Waals surface area (Å²) >= 11 is 0. The Bertz CT molecular complexity index is 489. The lowest BCUT2D eigenvalue weighted by molar-refractivity contribution is 0.0364. The molecule has 0 aliphatic heterocycles. The third-order valence-electron chi connectivity index (χ3n) is 4.72. The number of hydrogen-bond donors (Lipinski definition) is 0. The molecule has 0 saturated heterocycles. The van der Waals surface area contributed by atoms with Crippen LogP contribution in [0.15, 0.2) is 36.4 Å². The average molecular weight is 283 g/mol. The van der Waals surface area contributed by atoms with E-state index in [0.29, 0.717) is 17.9 Å². The molecule has 0 radical (unpaired) electrons. The summed E-state index contributed by atoms with van der Waals surface area (Å²) in [4.78, 5) is 0. The third kappa shape index (κ3) is 4.19. The first-order valence-corrected chi connectivity index (χ1v) is 7.92. The summed E-state index contributed by atoms with van der Waals surface area (Å²) in [6, 6.07) is 10.3. The fraction of sp³-hybridized carbons (Fsp3) is 0.526. The largest absolute Gasteiger partial charge is 0.381 e. The van der Waals surface area contributed by atoms with Crippen molar-refractivity contribution in [2.24, 2.45) is 5.92 Å². The van der Waals surface area contributed by atoms with Crippen LogP contribution in [0.25, 0.3) is 0 Å². The molecular weight excluding hydrogens is 258 g/mol. The second-order valence-electron chi connectivity index (χ2n) is 5.92. The van der Waals surface area contributed by atoms with Gasteiger partial charge in [-0.3, -0.25) is 0 Å². The number of rotatable bonds is 5. The Morgan fingerprint density at radius 1 is 1.24 bits per heavy atom. The number of allylic oxidation sites excluding steroid dienone is 1. The number of methoxy groups -OCH3 is 1. The molecule has 1 atom stereocenters. The van der Waals surface area contributed by atoms with Crippen molar-refractivity contribution in [2.75, 3.05) is 7.11 Å². The fourth-order valence-corrected chi connectivity index (χ4v) is 3.41. The fourth-order valence-electron chi connectivity index (χ4n) is 3.41. The van der Waals surface area contributed by atoms with E-state index in [0.717, 1.165) is 12.0 Å². The molecule has 0 N–H and O–H groups in total. The van der Waals surface area contributed by atoms with Crippen LogP contribution in [-0.2, 0) is 4.74 Å². The molecule has 1 saturated carbocycles. The van der Waals surface area contributed by atoms with Crippen LogP contribution in [0.4, 0.5) is 0 Å². The Hall–Kier alpha value is -1.59. The molecule has 2 heteroatoms. The number of nitrogens with zero attached hydrogens (tertiary/aromatic N) is 1. The molecule has 1 unspecified atom stereocenters. The summed E-state index contributed by atoms with van der Waals surface area (Å²) in [7, 11) is 1.83. The van der Waals surface area contributed by atoms with Crippen LogP contribution in [0.3, 0.4) is 0 Å². The van der Waals surface area contributed by atoms with E-state index in [1.807, 2.05) is 19.2 Å². The SMILES string of the molecule is C/C=C/CC(OC)[C@H]1CC[C@H](c2ccc(C#N)cc2)CC1. The van der Waals surface area contributed by atoms with E-state index < -0.39 is 0 Å². The summed E-state index contributed by atoms with van der Waals surface area (Å²) in [5, 5.41) is 8.86. The van der Waals surface area contributed by atoms with Crippen molar-refractivity contribution in [3.8, 4) is 6.07 Å². The maximum atomic E-state index is 8.86. The van der Waals surface area contributed by atoms with Crippen LogP contribution < -0.4 is 0 Å². The van der Waals surface area contributed by atoms with Gasteiger partial charge in [-0.15, -0.1) is 0 Å². The highest BCUT2D eigenvalue weighted by Crippen LogP contribution is 2.38. The molecule has 0 heterocycles. The Morgan fingerprint density at radius 2 is 1.90 bits per heavy atom. The number of ether oxygens (including phenoxy) is 1. The van der Waals surface area contributed by atoms with Crippen LogP contribution in [0.1, 0.15) is 56.1 Å². The van der Waals surface area contributed by atoms with E-state index in [-0.39, 0.29) is 0 Å². The van der Waals surface area contributed by atoms with Crippen molar-refractivity contribution < 1.29 is 4.74 Å². The molecule has 0 bridgehead atoms. The highest BCUT2D eigenvalue weighted by molar-refractivity contribution is 5.33. The van der Waals surface area contributed by atoms with Gasteiger partial charge >= 0.3 is 0 Å². The maximum absolute atomic E-state index is 8.86. The highest BCUT2D eigenvalue weighted by Gasteiger charge is 2.27. The summed E-state index contributed by atoms with van der Waals surface area (Å²) in [6.45, 7) is 2.06. The molecule has 1 aliphatic carbocycles. The molecule has 0 spiro atoms. The van der Waals surface area contributed by atoms with Gasteiger partial charge < -0.3 is 4.74 Å². The lowest BCUT2D eigenvalue weighted by Gasteiger charge is -2.33. The van der Waals surface area contributed by atoms with Gasteiger partial charge in [0.15, 0.2) is 0 Å². The molecule has 21 heavy (non-hydrogen) atoms. The zero-order chi connectivity index (χ0) is 15.1. The van der Waals surface area contributed by atoms with Crippen molar-refractivity contribution in [3.05, 3.63) is 47.5 Å². The van der Waals surface area contributed by atoms with Crippen molar-refractivity contribution in [1.82, 2.24) is 0 Å². The first kappa shape index (κ1) is 15.8. The van der Waals surface area contributed by atoms with Crippen molar-refractivity contribution in [2.45, 2.75) is 51.0 Å². The lowest BCUT2D eigenvalue weighted by atomic mass is 9.76. The van der Waals surface area contributed by atoms with Crippen LogP contribution in [-0.4, -0.2) is 13.2 Å². The van der Waals surface area contributed by atoms with Crippen molar-refractivity contribution in [3.63, 3.8) is 0 Å². The normalized spacial score (nSPS) is 23.9. The van der Waals surface area contributed by atoms with E-state index >= 15 is 0 Å². The molecule has 1 aromatic carbocycles. The smallest absolute Gasteiger partial charge is 0.0991 e. The molecule has 1 aliphatic rings. The second-order valence-corrected chi connectivity index (χ2v) is 5.92. The van der Waals surface area contributed by atoms with Gasteiger partial charge in [0.2, 0.25) is 0 Å². The van der Waals surface area contributed by atoms with Crippen LogP contribution in [0.5, 0.6) is 0 Å². The van der Waals surface area contributed by atoms with Gasteiger partial charge in [0, 0.05) is 7.11 Å². The minimum Gasteiger partial charge on any atom is -0.381 e. The van der Waals surface area contributed by atoms with Gasteiger partial charge in [-0.2, -0.15) is 5.26 Å². The van der Waals surface area contributed by atoms with Crippen LogP contribution in [0, 0.1) is 17.2 Å². The monoisotopic (exact) mass is 283 g/mol. The molecule has 112 valence electrons. The highest BCUT2D eigenvalue weighted by atomic mass is 16.5. The van der Waals surface area contributed by atoms with E-state index in [2.05, 4.69) is 37.3 Å². The predicted molar refractivity (Wildman–Crippen MR) is 86.1 cm³/mol. The van der Waals surface area contributed by atoms with Gasteiger partial charge in [-0.05, 0) is 68.6 Å². The molecule has 2 rings (SSSR count). The first-order valence-electron chi connectivity index (χ1n) is 7.92. The maximum Gasteiger partial charge on any atom is 0.0991 e. The van der Waals surface area contributed by atoms with Crippen molar-refractivity contribution >= 4 is 0 Å². The number of hydrogen-bond acceptors (Lipinski definition) is 2. The zero-order valence-electron chi connectivity index (χ0n) is 13.1. The molecule has 0 aromatic heterocycles. The summed E-state index contributed by atoms with van der Waals surface area (Å²) < 4.78 is 5.68. The van der Waals surface area contributed by atoms with Gasteiger partial charge in [0.25, 0.3) is 0 Å². The van der Waals surface area contributed by atoms with Gasteiger partial charge in [0.1, 0.15) is 0 Å². The Morgan fingerprint density at radius 3 is 2.43 bits per heavy atom. The van der Waals surface area contributed by atoms with E-state index in [1.54, 1.807) is 0 Å². The Kier molecular flexibility index (Phi) is 6.02. The quantitative estimate of drug-likeness (QED) is 0.726. The van der Waals surface area contributed by atoms with Gasteiger partial charge in [-0.25, -0.2) is 0 Å². The third-order valence-corrected chi connectivity index (χ3v) is 4.72. The Balaban J connectivity index is 1.91. The molecule has 0 amide bonds. The van der Waals surface area contributed by atoms with Crippen LogP contribution >= 0.6 is 0 Å². The second kappa shape index (κ2) is 8.00. The molecule has 1 aromatic rings. The molecule has 2 nitrogen and oxygen atoms in total. The number of benzene rings is 1. The standard InChI is InChI=1S/C19H25NO/c1-3-4-5-19(21-2)18-12-10-17(11-13-18)16-8-6-15(14-20)7-9-16/h3-4,6-9,17-19H,5,10-13H2,1-2H3/b4-3+/t17-,18-,19?. The zero-order valence-corrected chi connectivity index (χ0v) is 13.1. The summed E-state index contributed by atoms with van der Waals surface area (Å²) in [5.41, 5.74) is 2.13. The minimum absolute atomic E-state index is 0.364.